The standard InChI is InChI=1S/C38H33BN2O/c1-37-23-9-10-24-38(37,2)41-32-19-12-20-33-35(32)39(31-18-11-17-29(37)36(31)41)30-22-21-28(25-34(30)42-33)40(26-13-5-3-6-14-26)27-15-7-4-8-16-27/h3-8,11-22,25H,9-10,23-24H2,1-2H3. The summed E-state index contributed by atoms with van der Waals surface area (Å²) in [7, 11) is 0. The topological polar surface area (TPSA) is 15.7 Å². The number of para-hydroxylation sites is 3. The number of benzene rings is 5. The number of hydrogen-bond acceptors (Lipinski definition) is 3. The third-order valence-corrected chi connectivity index (χ3v) is 10.9. The largest absolute Gasteiger partial charge is 0.458 e. The minimum atomic E-state index is 0.0553. The van der Waals surface area contributed by atoms with E-state index in [0.717, 1.165) is 28.6 Å². The molecule has 3 nitrogen and oxygen atoms in total. The van der Waals surface area contributed by atoms with Crippen molar-refractivity contribution in [3.63, 3.8) is 0 Å². The third-order valence-electron chi connectivity index (χ3n) is 10.9. The molecule has 0 N–H and O–H groups in total. The molecular formula is C38H33BN2O. The number of anilines is 5. The van der Waals surface area contributed by atoms with E-state index in [2.05, 4.69) is 139 Å². The van der Waals surface area contributed by atoms with Gasteiger partial charge in [0, 0.05) is 39.9 Å². The summed E-state index contributed by atoms with van der Waals surface area (Å²) in [5.74, 6) is 1.93. The molecular weight excluding hydrogens is 511 g/mol. The quantitative estimate of drug-likeness (QED) is 0.211. The maximum absolute atomic E-state index is 6.85. The van der Waals surface area contributed by atoms with Crippen molar-refractivity contribution in [2.75, 3.05) is 9.80 Å². The lowest BCUT2D eigenvalue weighted by molar-refractivity contribution is 0.195. The van der Waals surface area contributed by atoms with Gasteiger partial charge in [0.25, 0.3) is 6.71 Å². The molecule has 1 fully saturated rings. The summed E-state index contributed by atoms with van der Waals surface area (Å²) in [5.41, 5.74) is 11.8. The maximum Gasteiger partial charge on any atom is 0.256 e. The van der Waals surface area contributed by atoms with E-state index in [1.807, 2.05) is 0 Å². The molecule has 1 saturated carbocycles. The van der Waals surface area contributed by atoms with Gasteiger partial charge in [0.15, 0.2) is 0 Å². The van der Waals surface area contributed by atoms with Crippen LogP contribution in [0.1, 0.15) is 45.1 Å². The first-order valence-electron chi connectivity index (χ1n) is 15.4. The Morgan fingerprint density at radius 1 is 0.667 bits per heavy atom. The molecule has 0 aromatic heterocycles. The fourth-order valence-electron chi connectivity index (χ4n) is 8.69. The predicted octanol–water partition coefficient (Wildman–Crippen LogP) is 7.83. The summed E-state index contributed by atoms with van der Waals surface area (Å²) < 4.78 is 6.85. The average Bonchev–Trinajstić information content (AvgIpc) is 3.24. The molecule has 1 aliphatic carbocycles. The zero-order valence-electron chi connectivity index (χ0n) is 24.2. The van der Waals surface area contributed by atoms with Crippen LogP contribution in [0.15, 0.2) is 115 Å². The fraction of sp³-hybridized carbons (Fsp3) is 0.211. The van der Waals surface area contributed by atoms with Crippen LogP contribution in [0.25, 0.3) is 0 Å². The lowest BCUT2D eigenvalue weighted by Gasteiger charge is -2.52. The molecule has 5 aromatic carbocycles. The second-order valence-corrected chi connectivity index (χ2v) is 12.8. The van der Waals surface area contributed by atoms with Gasteiger partial charge in [-0.25, -0.2) is 0 Å². The van der Waals surface area contributed by atoms with Crippen molar-refractivity contribution in [1.29, 1.82) is 0 Å². The minimum absolute atomic E-state index is 0.0553. The Kier molecular flexibility index (Phi) is 4.92. The van der Waals surface area contributed by atoms with Crippen molar-refractivity contribution in [2.24, 2.45) is 0 Å². The Balaban J connectivity index is 1.25. The predicted molar refractivity (Wildman–Crippen MR) is 175 cm³/mol. The Morgan fingerprint density at radius 3 is 2.14 bits per heavy atom. The molecule has 0 bridgehead atoms. The van der Waals surface area contributed by atoms with Crippen LogP contribution in [0.4, 0.5) is 28.4 Å². The molecule has 2 atom stereocenters. The normalized spacial score (nSPS) is 22.4. The summed E-state index contributed by atoms with van der Waals surface area (Å²) in [5, 5.41) is 0. The van der Waals surface area contributed by atoms with Gasteiger partial charge in [0.05, 0.1) is 5.54 Å². The average molecular weight is 545 g/mol. The van der Waals surface area contributed by atoms with Crippen molar-refractivity contribution in [1.82, 2.24) is 0 Å². The van der Waals surface area contributed by atoms with Gasteiger partial charge in [-0.3, -0.25) is 0 Å². The number of nitrogens with zero attached hydrogens (tertiary/aromatic N) is 2. The van der Waals surface area contributed by atoms with E-state index in [9.17, 15) is 0 Å². The van der Waals surface area contributed by atoms with Crippen LogP contribution in [-0.4, -0.2) is 12.3 Å². The first kappa shape index (κ1) is 24.2. The Morgan fingerprint density at radius 2 is 1.38 bits per heavy atom. The number of rotatable bonds is 3. The Labute approximate surface area is 248 Å². The van der Waals surface area contributed by atoms with Crippen molar-refractivity contribution < 1.29 is 4.74 Å². The van der Waals surface area contributed by atoms with E-state index >= 15 is 0 Å². The molecule has 4 aliphatic rings. The van der Waals surface area contributed by atoms with E-state index in [4.69, 9.17) is 4.74 Å². The van der Waals surface area contributed by atoms with Gasteiger partial charge in [-0.15, -0.1) is 0 Å². The summed E-state index contributed by atoms with van der Waals surface area (Å²) in [6.45, 7) is 5.19. The van der Waals surface area contributed by atoms with Crippen molar-refractivity contribution in [3.8, 4) is 11.5 Å². The third kappa shape index (κ3) is 3.02. The summed E-state index contributed by atoms with van der Waals surface area (Å²) >= 11 is 0. The molecule has 0 radical (unpaired) electrons. The van der Waals surface area contributed by atoms with E-state index in [-0.39, 0.29) is 17.7 Å². The van der Waals surface area contributed by atoms with Gasteiger partial charge in [-0.2, -0.15) is 0 Å². The van der Waals surface area contributed by atoms with Gasteiger partial charge in [-0.1, -0.05) is 86.5 Å². The molecule has 0 saturated heterocycles. The maximum atomic E-state index is 6.85. The smallest absolute Gasteiger partial charge is 0.256 e. The first-order chi connectivity index (χ1) is 20.6. The molecule has 9 rings (SSSR count). The van der Waals surface area contributed by atoms with Gasteiger partial charge in [0.2, 0.25) is 0 Å². The van der Waals surface area contributed by atoms with Crippen LogP contribution in [0.5, 0.6) is 11.5 Å². The second-order valence-electron chi connectivity index (χ2n) is 12.8. The minimum Gasteiger partial charge on any atom is -0.458 e. The van der Waals surface area contributed by atoms with Crippen LogP contribution >= 0.6 is 0 Å². The molecule has 204 valence electrons. The molecule has 0 spiro atoms. The number of fused-ring (bicyclic) bond motifs is 7. The fourth-order valence-corrected chi connectivity index (χ4v) is 8.69. The Hall–Kier alpha value is -4.44. The van der Waals surface area contributed by atoms with Crippen LogP contribution in [0.2, 0.25) is 0 Å². The zero-order chi connectivity index (χ0) is 28.1. The van der Waals surface area contributed by atoms with Gasteiger partial charge >= 0.3 is 0 Å². The van der Waals surface area contributed by atoms with Crippen molar-refractivity contribution in [3.05, 3.63) is 121 Å². The highest BCUT2D eigenvalue weighted by Crippen LogP contribution is 2.61. The molecule has 5 aromatic rings. The van der Waals surface area contributed by atoms with Gasteiger partial charge in [-0.05, 0) is 84.2 Å². The first-order valence-corrected chi connectivity index (χ1v) is 15.4. The van der Waals surface area contributed by atoms with Gasteiger partial charge < -0.3 is 14.5 Å². The van der Waals surface area contributed by atoms with Crippen LogP contribution < -0.4 is 30.9 Å². The summed E-state index contributed by atoms with van der Waals surface area (Å²) in [6.07, 6.45) is 5.03. The van der Waals surface area contributed by atoms with Crippen LogP contribution in [0.3, 0.4) is 0 Å². The zero-order valence-corrected chi connectivity index (χ0v) is 24.2. The summed E-state index contributed by atoms with van der Waals surface area (Å²) in [6, 6.07) is 41.8. The van der Waals surface area contributed by atoms with Crippen LogP contribution in [-0.2, 0) is 5.41 Å². The highest BCUT2D eigenvalue weighted by molar-refractivity contribution is 6.99. The second kappa shape index (κ2) is 8.55. The lowest BCUT2D eigenvalue weighted by atomic mass is 9.34. The number of ether oxygens (including phenoxy) is 1. The van der Waals surface area contributed by atoms with Crippen LogP contribution in [0, 0.1) is 0 Å². The molecule has 3 aliphatic heterocycles. The van der Waals surface area contributed by atoms with Crippen molar-refractivity contribution in [2.45, 2.75) is 50.5 Å². The van der Waals surface area contributed by atoms with E-state index in [1.165, 1.54) is 59.0 Å². The number of hydrogen-bond donors (Lipinski definition) is 0. The molecule has 0 amide bonds. The molecule has 2 unspecified atom stereocenters. The lowest BCUT2D eigenvalue weighted by Crippen LogP contribution is -2.63. The highest BCUT2D eigenvalue weighted by atomic mass is 16.5. The molecule has 42 heavy (non-hydrogen) atoms. The summed E-state index contributed by atoms with van der Waals surface area (Å²) in [4.78, 5) is 5.03. The van der Waals surface area contributed by atoms with Gasteiger partial charge in [0.1, 0.15) is 11.5 Å². The van der Waals surface area contributed by atoms with Crippen molar-refractivity contribution >= 4 is 51.5 Å². The Bertz CT molecular complexity index is 1830. The highest BCUT2D eigenvalue weighted by Gasteiger charge is 2.61. The van der Waals surface area contributed by atoms with E-state index in [1.54, 1.807) is 0 Å². The SMILES string of the molecule is CC12CCCCC1(C)N1c3cccc4c3B(c3ccc(N(c5ccccc5)c5ccccc5)cc3O4)c3cccc2c31. The molecule has 3 heterocycles. The van der Waals surface area contributed by atoms with E-state index in [0.29, 0.717) is 0 Å². The molecule has 4 heteroatoms. The monoisotopic (exact) mass is 544 g/mol. The van der Waals surface area contributed by atoms with E-state index < -0.39 is 0 Å².